The smallest absolute Gasteiger partial charge is 2.00 e. The molecule has 0 unspecified atom stereocenters. The van der Waals surface area contributed by atoms with Gasteiger partial charge in [-0.1, -0.05) is 0 Å². The van der Waals surface area contributed by atoms with Crippen LogP contribution in [-0.4, -0.2) is 0 Å². The van der Waals surface area contributed by atoms with E-state index >= 15 is 0 Å². The van der Waals surface area contributed by atoms with E-state index in [9.17, 15) is 0 Å². The molecule has 0 bridgehead atoms. The van der Waals surface area contributed by atoms with Crippen molar-refractivity contribution in [3.63, 3.8) is 0 Å². The van der Waals surface area contributed by atoms with Gasteiger partial charge in [0.15, 0.2) is 0 Å². The minimum Gasteiger partial charge on any atom is -2.00 e. The van der Waals surface area contributed by atoms with E-state index in [2.05, 4.69) is 0 Å². The van der Waals surface area contributed by atoms with E-state index in [1.165, 1.54) is 0 Å². The van der Waals surface area contributed by atoms with Crippen molar-refractivity contribution in [2.24, 2.45) is 0 Å². The Morgan fingerprint density at radius 3 is 1.00 bits per heavy atom. The monoisotopic (exact) mass is 258 g/mol. The molecule has 0 aromatic rings. The first-order chi connectivity index (χ1) is 0. The second kappa shape index (κ2) is 17.9. The van der Waals surface area contributed by atoms with Gasteiger partial charge < -0.3 is 5.48 Å². The molecule has 0 aromatic heterocycles. The largest absolute Gasteiger partial charge is 4.00 e. The quantitative estimate of drug-likeness (QED) is 0.543. The third-order valence-electron chi connectivity index (χ3n) is 0. The zero-order valence-electron chi connectivity index (χ0n) is 1.79. The van der Waals surface area contributed by atoms with E-state index < -0.39 is 0 Å². The summed E-state index contributed by atoms with van der Waals surface area (Å²) in [5, 5.41) is 0. The Hall–Kier alpha value is 2.47. The van der Waals surface area contributed by atoms with Gasteiger partial charge in [-0.15, -0.1) is 0 Å². The van der Waals surface area contributed by atoms with Crippen molar-refractivity contribution in [2.75, 3.05) is 0 Å². The second-order valence-corrected chi connectivity index (χ2v) is 0. The van der Waals surface area contributed by atoms with E-state index in [1.54, 1.807) is 0 Å². The number of hydrogen-bond donors (Lipinski definition) is 0. The predicted octanol–water partition coefficient (Wildman–Crippen LogP) is -0.126. The average Bonchev–Trinajstić information content (AvgIpc) is 0. The fraction of sp³-hybridized carbons (Fsp3) is 0. The normalized spacial score (nSPS) is 0. The summed E-state index contributed by atoms with van der Waals surface area (Å²) < 4.78 is 0. The van der Waals surface area contributed by atoms with Crippen molar-refractivity contribution in [1.29, 1.82) is 0 Å². The van der Waals surface area contributed by atoms with Gasteiger partial charge in [-0.2, -0.15) is 0 Å². The summed E-state index contributed by atoms with van der Waals surface area (Å²) >= 11 is 0. The third kappa shape index (κ3) is 8.82. The molecule has 0 fully saturated rings. The van der Waals surface area contributed by atoms with Crippen molar-refractivity contribution in [1.82, 2.24) is 0 Å². The Bertz CT molecular complexity index is 8.00. The van der Waals surface area contributed by atoms with Crippen molar-refractivity contribution in [3.8, 4) is 0 Å². The van der Waals surface area contributed by atoms with E-state index in [-0.39, 0.29) is 81.5 Å². The van der Waals surface area contributed by atoms with Crippen LogP contribution in [0.5, 0.6) is 0 Å². The van der Waals surface area contributed by atoms with Gasteiger partial charge in [0, 0.05) is 0 Å². The average molecular weight is 260 g/mol. The van der Waals surface area contributed by atoms with Crippen LogP contribution in [0.2, 0.25) is 0 Å². The summed E-state index contributed by atoms with van der Waals surface area (Å²) in [5.74, 6) is 0. The summed E-state index contributed by atoms with van der Waals surface area (Å²) in [6.07, 6.45) is 0. The molecule has 0 spiro atoms. The maximum atomic E-state index is 0. The van der Waals surface area contributed by atoms with Gasteiger partial charge in [0.05, 0.1) is 0 Å². The molecule has 0 aliphatic rings. The molecule has 1 radical (unpaired) electrons. The molecular formula is CuOYZr+7. The fourth-order valence-corrected chi connectivity index (χ4v) is 0. The van der Waals surface area contributed by atoms with Crippen LogP contribution in [0.1, 0.15) is 0 Å². The van der Waals surface area contributed by atoms with Gasteiger partial charge in [0.1, 0.15) is 0 Å². The maximum absolute atomic E-state index is 0. The molecule has 0 heterocycles. The molecule has 0 aromatic carbocycles. The van der Waals surface area contributed by atoms with Gasteiger partial charge >= 0.3 is 76.0 Å². The minimum absolute atomic E-state index is 0. The molecule has 0 amide bonds. The van der Waals surface area contributed by atoms with Crippen LogP contribution in [0.15, 0.2) is 0 Å². The van der Waals surface area contributed by atoms with Crippen molar-refractivity contribution in [3.05, 3.63) is 0 Å². The molecule has 17 valence electrons. The SMILES string of the molecule is [Cu+2].[O-2].[Y+3].[Zr+4]. The van der Waals surface area contributed by atoms with E-state index in [0.717, 1.165) is 0 Å². The molecular weight excluding hydrogens is 260 g/mol. The zero-order chi connectivity index (χ0) is 0. The van der Waals surface area contributed by atoms with Gasteiger partial charge in [0.2, 0.25) is 0 Å². The van der Waals surface area contributed by atoms with Crippen LogP contribution in [0.25, 0.3) is 0 Å². The Kier molecular flexibility index (Phi) is 142. The van der Waals surface area contributed by atoms with Gasteiger partial charge in [-0.05, 0) is 0 Å². The van der Waals surface area contributed by atoms with E-state index in [1.807, 2.05) is 0 Å². The molecule has 4 heteroatoms. The third-order valence-corrected chi connectivity index (χ3v) is 0. The topological polar surface area (TPSA) is 28.5 Å². The molecule has 4 heavy (non-hydrogen) atoms. The minimum atomic E-state index is 0. The Balaban J connectivity index is 0. The number of rotatable bonds is 0. The van der Waals surface area contributed by atoms with Crippen LogP contribution in [-0.2, 0) is 81.5 Å². The molecule has 0 aliphatic heterocycles. The molecule has 0 N–H and O–H groups in total. The van der Waals surface area contributed by atoms with Crippen molar-refractivity contribution in [2.45, 2.75) is 0 Å². The first-order valence-corrected chi connectivity index (χ1v) is 0. The second-order valence-electron chi connectivity index (χ2n) is 0. The van der Waals surface area contributed by atoms with Crippen LogP contribution in [0.4, 0.5) is 0 Å². The molecule has 0 atom stereocenters. The molecule has 0 saturated heterocycles. The fourth-order valence-electron chi connectivity index (χ4n) is 0. The van der Waals surface area contributed by atoms with Crippen molar-refractivity contribution >= 4 is 0 Å². The Morgan fingerprint density at radius 1 is 1.00 bits per heavy atom. The molecule has 1 nitrogen and oxygen atoms in total. The molecule has 0 aliphatic carbocycles. The molecule has 0 rings (SSSR count). The van der Waals surface area contributed by atoms with Gasteiger partial charge in [0.25, 0.3) is 0 Å². The predicted molar refractivity (Wildman–Crippen MR) is 0.686 cm³/mol. The van der Waals surface area contributed by atoms with Gasteiger partial charge in [-0.25, -0.2) is 0 Å². The summed E-state index contributed by atoms with van der Waals surface area (Å²) in [7, 11) is 0. The Labute approximate surface area is 80.1 Å². The first-order valence-electron chi connectivity index (χ1n) is 0. The van der Waals surface area contributed by atoms with E-state index in [0.29, 0.717) is 0 Å². The summed E-state index contributed by atoms with van der Waals surface area (Å²) in [6.45, 7) is 0. The Morgan fingerprint density at radius 2 is 1.00 bits per heavy atom. The number of hydrogen-bond acceptors (Lipinski definition) is 0. The van der Waals surface area contributed by atoms with Crippen LogP contribution < -0.4 is 0 Å². The van der Waals surface area contributed by atoms with Crippen LogP contribution in [0.3, 0.4) is 0 Å². The van der Waals surface area contributed by atoms with E-state index in [4.69, 9.17) is 0 Å². The van der Waals surface area contributed by atoms with Gasteiger partial charge in [-0.3, -0.25) is 0 Å². The summed E-state index contributed by atoms with van der Waals surface area (Å²) in [4.78, 5) is 0. The maximum Gasteiger partial charge on any atom is 4.00 e. The first kappa shape index (κ1) is 31.8. The molecule has 0 saturated carbocycles. The summed E-state index contributed by atoms with van der Waals surface area (Å²) in [6, 6.07) is 0. The van der Waals surface area contributed by atoms with Crippen LogP contribution >= 0.6 is 0 Å². The summed E-state index contributed by atoms with van der Waals surface area (Å²) in [5.41, 5.74) is 0. The zero-order valence-corrected chi connectivity index (χ0v) is 8.03. The van der Waals surface area contributed by atoms with Crippen molar-refractivity contribution < 1.29 is 81.5 Å². The van der Waals surface area contributed by atoms with Crippen LogP contribution in [0, 0.1) is 0 Å². The standard InChI is InChI=1S/Cu.O.Y.Zr/q+2;-2;+3;+4.